The number of ether oxygens (including phenoxy) is 1. The molecule has 2 aromatic rings. The molecule has 1 saturated heterocycles. The van der Waals surface area contributed by atoms with Crippen molar-refractivity contribution >= 4 is 39.1 Å². The predicted octanol–water partition coefficient (Wildman–Crippen LogP) is 4.95. The van der Waals surface area contributed by atoms with E-state index in [1.165, 1.54) is 6.42 Å². The smallest absolute Gasteiger partial charge is 0.260 e. The lowest BCUT2D eigenvalue weighted by Crippen LogP contribution is -2.49. The van der Waals surface area contributed by atoms with Crippen molar-refractivity contribution in [1.29, 1.82) is 0 Å². The first-order valence-electron chi connectivity index (χ1n) is 9.87. The molecule has 0 N–H and O–H groups in total. The van der Waals surface area contributed by atoms with Gasteiger partial charge in [0.25, 0.3) is 11.8 Å². The third-order valence-electron chi connectivity index (χ3n) is 5.31. The second-order valence-corrected chi connectivity index (χ2v) is 9.55. The minimum absolute atomic E-state index is 0.0201. The second kappa shape index (κ2) is 9.76. The zero-order valence-corrected chi connectivity index (χ0v) is 19.5. The highest BCUT2D eigenvalue weighted by molar-refractivity contribution is 9.10. The molecule has 1 aromatic carbocycles. The number of carbonyl (C=O) groups is 2. The van der Waals surface area contributed by atoms with Crippen LogP contribution in [0.4, 0.5) is 0 Å². The first kappa shape index (κ1) is 21.8. The van der Waals surface area contributed by atoms with Crippen molar-refractivity contribution in [3.05, 3.63) is 50.6 Å². The SMILES string of the molecule is CC1CCCC(C)N1C(=O)COc1ccc(C(=O)N(C)Cc2cc(Br)cs2)cc1. The van der Waals surface area contributed by atoms with Gasteiger partial charge in [0.1, 0.15) is 5.75 Å². The van der Waals surface area contributed by atoms with E-state index in [-0.39, 0.29) is 30.5 Å². The molecular formula is C22H27BrN2O3S. The van der Waals surface area contributed by atoms with E-state index in [0.717, 1.165) is 22.2 Å². The number of benzene rings is 1. The molecule has 2 amide bonds. The minimum Gasteiger partial charge on any atom is -0.484 e. The molecule has 1 fully saturated rings. The maximum atomic E-state index is 12.6. The fraction of sp³-hybridized carbons (Fsp3) is 0.455. The van der Waals surface area contributed by atoms with Crippen LogP contribution in [-0.4, -0.2) is 47.4 Å². The fourth-order valence-electron chi connectivity index (χ4n) is 3.79. The summed E-state index contributed by atoms with van der Waals surface area (Å²) >= 11 is 5.05. The summed E-state index contributed by atoms with van der Waals surface area (Å²) in [5, 5.41) is 2.01. The maximum absolute atomic E-state index is 12.6. The molecule has 2 unspecified atom stereocenters. The molecule has 0 saturated carbocycles. The van der Waals surface area contributed by atoms with E-state index in [1.807, 2.05) is 16.3 Å². The molecule has 1 aliphatic rings. The average Bonchev–Trinajstić information content (AvgIpc) is 3.10. The lowest BCUT2D eigenvalue weighted by atomic mass is 9.97. The third-order valence-corrected chi connectivity index (χ3v) is 6.99. The van der Waals surface area contributed by atoms with Crippen LogP contribution < -0.4 is 4.74 Å². The predicted molar refractivity (Wildman–Crippen MR) is 119 cm³/mol. The second-order valence-electron chi connectivity index (χ2n) is 7.64. The van der Waals surface area contributed by atoms with E-state index in [4.69, 9.17) is 4.74 Å². The summed E-state index contributed by atoms with van der Waals surface area (Å²) in [6.45, 7) is 4.78. The Morgan fingerprint density at radius 2 is 1.86 bits per heavy atom. The number of halogens is 1. The summed E-state index contributed by atoms with van der Waals surface area (Å²) in [6, 6.07) is 9.53. The Morgan fingerprint density at radius 1 is 1.21 bits per heavy atom. The first-order chi connectivity index (χ1) is 13.8. The molecule has 0 aliphatic carbocycles. The van der Waals surface area contributed by atoms with Crippen LogP contribution >= 0.6 is 27.3 Å². The lowest BCUT2D eigenvalue weighted by molar-refractivity contribution is -0.139. The number of nitrogens with zero attached hydrogens (tertiary/aromatic N) is 2. The number of amides is 2. The largest absolute Gasteiger partial charge is 0.484 e. The summed E-state index contributed by atoms with van der Waals surface area (Å²) in [6.07, 6.45) is 3.26. The number of rotatable bonds is 6. The summed E-state index contributed by atoms with van der Waals surface area (Å²) in [4.78, 5) is 30.0. The van der Waals surface area contributed by atoms with E-state index >= 15 is 0 Å². The normalized spacial score (nSPS) is 19.1. The average molecular weight is 479 g/mol. The Morgan fingerprint density at radius 3 is 2.45 bits per heavy atom. The molecule has 3 rings (SSSR count). The van der Waals surface area contributed by atoms with Gasteiger partial charge in [-0.25, -0.2) is 0 Å². The van der Waals surface area contributed by atoms with Gasteiger partial charge in [-0.1, -0.05) is 0 Å². The van der Waals surface area contributed by atoms with Crippen molar-refractivity contribution < 1.29 is 14.3 Å². The number of thiophene rings is 1. The van der Waals surface area contributed by atoms with Gasteiger partial charge in [-0.15, -0.1) is 11.3 Å². The highest BCUT2D eigenvalue weighted by atomic mass is 79.9. The number of likely N-dealkylation sites (tertiary alicyclic amines) is 1. The number of piperidine rings is 1. The lowest BCUT2D eigenvalue weighted by Gasteiger charge is -2.38. The van der Waals surface area contributed by atoms with Gasteiger partial charge in [0.15, 0.2) is 6.61 Å². The van der Waals surface area contributed by atoms with Crippen LogP contribution in [0.5, 0.6) is 5.75 Å². The van der Waals surface area contributed by atoms with Crippen molar-refractivity contribution in [1.82, 2.24) is 9.80 Å². The minimum atomic E-state index is -0.0480. The van der Waals surface area contributed by atoms with E-state index in [1.54, 1.807) is 47.5 Å². The molecule has 0 bridgehead atoms. The molecule has 0 spiro atoms. The summed E-state index contributed by atoms with van der Waals surface area (Å²) in [5.74, 6) is 0.567. The van der Waals surface area contributed by atoms with Crippen LogP contribution in [0, 0.1) is 0 Å². The van der Waals surface area contributed by atoms with Gasteiger partial charge in [-0.3, -0.25) is 9.59 Å². The van der Waals surface area contributed by atoms with Crippen molar-refractivity contribution in [2.75, 3.05) is 13.7 Å². The van der Waals surface area contributed by atoms with Crippen LogP contribution in [0.1, 0.15) is 48.3 Å². The molecule has 29 heavy (non-hydrogen) atoms. The van der Waals surface area contributed by atoms with E-state index in [2.05, 4.69) is 29.8 Å². The Labute approximate surface area is 184 Å². The van der Waals surface area contributed by atoms with Gasteiger partial charge < -0.3 is 14.5 Å². The standard InChI is InChI=1S/C22H27BrN2O3S/c1-15-5-4-6-16(2)25(15)21(26)13-28-19-9-7-17(8-10-19)22(27)24(3)12-20-11-18(23)14-29-20/h7-11,14-16H,4-6,12-13H2,1-3H3. The Balaban J connectivity index is 1.54. The molecule has 7 heteroatoms. The van der Waals surface area contributed by atoms with Crippen LogP contribution in [0.3, 0.4) is 0 Å². The molecule has 2 heterocycles. The van der Waals surface area contributed by atoms with Crippen LogP contribution in [0.25, 0.3) is 0 Å². The van der Waals surface area contributed by atoms with Crippen LogP contribution in [0.2, 0.25) is 0 Å². The highest BCUT2D eigenvalue weighted by Crippen LogP contribution is 2.24. The highest BCUT2D eigenvalue weighted by Gasteiger charge is 2.29. The van der Waals surface area contributed by atoms with Crippen molar-refractivity contribution in [3.8, 4) is 5.75 Å². The number of hydrogen-bond acceptors (Lipinski definition) is 4. The molecule has 2 atom stereocenters. The van der Waals surface area contributed by atoms with Gasteiger partial charge in [0, 0.05) is 39.4 Å². The van der Waals surface area contributed by atoms with Gasteiger partial charge in [-0.05, 0) is 79.4 Å². The molecule has 1 aliphatic heterocycles. The molecule has 1 aromatic heterocycles. The first-order valence-corrected chi connectivity index (χ1v) is 11.5. The van der Waals surface area contributed by atoms with Gasteiger partial charge in [0.05, 0.1) is 6.54 Å². The van der Waals surface area contributed by atoms with E-state index in [9.17, 15) is 9.59 Å². The van der Waals surface area contributed by atoms with Gasteiger partial charge >= 0.3 is 0 Å². The topological polar surface area (TPSA) is 49.9 Å². The maximum Gasteiger partial charge on any atom is 0.260 e. The third kappa shape index (κ3) is 5.60. The van der Waals surface area contributed by atoms with Crippen LogP contribution in [0.15, 0.2) is 40.2 Å². The number of carbonyl (C=O) groups excluding carboxylic acids is 2. The molecular weight excluding hydrogens is 452 g/mol. The van der Waals surface area contributed by atoms with E-state index < -0.39 is 0 Å². The quantitative estimate of drug-likeness (QED) is 0.589. The molecule has 5 nitrogen and oxygen atoms in total. The Bertz CT molecular complexity index is 842. The van der Waals surface area contributed by atoms with E-state index in [0.29, 0.717) is 17.9 Å². The fourth-order valence-corrected chi connectivity index (χ4v) is 5.29. The van der Waals surface area contributed by atoms with Crippen molar-refractivity contribution in [2.24, 2.45) is 0 Å². The summed E-state index contributed by atoms with van der Waals surface area (Å²) in [7, 11) is 1.79. The van der Waals surface area contributed by atoms with Crippen molar-refractivity contribution in [2.45, 2.75) is 51.7 Å². The Hall–Kier alpha value is -1.86. The molecule has 156 valence electrons. The number of hydrogen-bond donors (Lipinski definition) is 0. The molecule has 0 radical (unpaired) electrons. The van der Waals surface area contributed by atoms with Gasteiger partial charge in [-0.2, -0.15) is 0 Å². The monoisotopic (exact) mass is 478 g/mol. The summed E-state index contributed by atoms with van der Waals surface area (Å²) < 4.78 is 6.72. The Kier molecular flexibility index (Phi) is 7.35. The zero-order valence-electron chi connectivity index (χ0n) is 17.1. The van der Waals surface area contributed by atoms with Crippen molar-refractivity contribution in [3.63, 3.8) is 0 Å². The summed E-state index contributed by atoms with van der Waals surface area (Å²) in [5.41, 5.74) is 0.597. The van der Waals surface area contributed by atoms with Gasteiger partial charge in [0.2, 0.25) is 0 Å². The zero-order chi connectivity index (χ0) is 21.0. The van der Waals surface area contributed by atoms with Crippen LogP contribution in [-0.2, 0) is 11.3 Å².